The minimum Gasteiger partial charge on any atom is -0.490 e. The molecule has 2 aromatic rings. The number of hydrazone groups is 1. The highest BCUT2D eigenvalue weighted by molar-refractivity contribution is 6.35. The summed E-state index contributed by atoms with van der Waals surface area (Å²) >= 11 is 0. The van der Waals surface area contributed by atoms with E-state index in [1.807, 2.05) is 39.0 Å². The number of benzene rings is 2. The van der Waals surface area contributed by atoms with E-state index < -0.39 is 11.8 Å². The average molecular weight is 455 g/mol. The molecule has 9 heteroatoms. The van der Waals surface area contributed by atoms with Crippen LogP contribution in [0.5, 0.6) is 11.5 Å². The smallest absolute Gasteiger partial charge is 0.329 e. The number of hydrogen-bond donors (Lipinski definition) is 3. The zero-order valence-corrected chi connectivity index (χ0v) is 19.3. The first kappa shape index (κ1) is 25.4. The highest BCUT2D eigenvalue weighted by atomic mass is 16.5. The van der Waals surface area contributed by atoms with E-state index in [2.05, 4.69) is 21.2 Å². The molecule has 2 rings (SSSR count). The Kier molecular flexibility index (Phi) is 9.88. The molecule has 0 saturated carbocycles. The van der Waals surface area contributed by atoms with Crippen molar-refractivity contribution in [3.8, 4) is 11.5 Å². The van der Waals surface area contributed by atoms with Crippen LogP contribution in [0, 0.1) is 6.92 Å². The molecule has 3 amide bonds. The highest BCUT2D eigenvalue weighted by Crippen LogP contribution is 2.28. The van der Waals surface area contributed by atoms with Gasteiger partial charge in [0.05, 0.1) is 12.8 Å². The van der Waals surface area contributed by atoms with Gasteiger partial charge in [-0.3, -0.25) is 14.4 Å². The van der Waals surface area contributed by atoms with Crippen molar-refractivity contribution in [1.82, 2.24) is 10.7 Å². The summed E-state index contributed by atoms with van der Waals surface area (Å²) in [6.45, 7) is 7.67. The van der Waals surface area contributed by atoms with Crippen molar-refractivity contribution in [3.05, 3.63) is 53.6 Å². The second-order valence-corrected chi connectivity index (χ2v) is 7.33. The molecule has 0 aromatic heterocycles. The summed E-state index contributed by atoms with van der Waals surface area (Å²) in [5.41, 5.74) is 4.53. The summed E-state index contributed by atoms with van der Waals surface area (Å²) in [6, 6.07) is 12.4. The van der Waals surface area contributed by atoms with E-state index in [-0.39, 0.29) is 18.6 Å². The van der Waals surface area contributed by atoms with E-state index in [1.165, 1.54) is 6.21 Å². The maximum Gasteiger partial charge on any atom is 0.329 e. The number of ether oxygens (including phenoxy) is 2. The average Bonchev–Trinajstić information content (AvgIpc) is 2.78. The van der Waals surface area contributed by atoms with E-state index in [9.17, 15) is 14.4 Å². The van der Waals surface area contributed by atoms with Crippen LogP contribution in [0.15, 0.2) is 47.6 Å². The van der Waals surface area contributed by atoms with Crippen LogP contribution in [0.4, 0.5) is 5.69 Å². The second kappa shape index (κ2) is 12.8. The second-order valence-electron chi connectivity index (χ2n) is 7.33. The van der Waals surface area contributed by atoms with Gasteiger partial charge in [0.1, 0.15) is 0 Å². The third kappa shape index (κ3) is 8.64. The lowest BCUT2D eigenvalue weighted by molar-refractivity contribution is -0.139. The van der Waals surface area contributed by atoms with Gasteiger partial charge in [0.25, 0.3) is 5.91 Å². The summed E-state index contributed by atoms with van der Waals surface area (Å²) in [4.78, 5) is 35.7. The first-order chi connectivity index (χ1) is 15.8. The van der Waals surface area contributed by atoms with Crippen molar-refractivity contribution >= 4 is 29.6 Å². The number of nitrogens with zero attached hydrogens (tertiary/aromatic N) is 1. The van der Waals surface area contributed by atoms with Crippen molar-refractivity contribution in [2.75, 3.05) is 18.5 Å². The Bertz CT molecular complexity index is 1010. The Morgan fingerprint density at radius 3 is 2.52 bits per heavy atom. The van der Waals surface area contributed by atoms with Gasteiger partial charge >= 0.3 is 11.8 Å². The van der Waals surface area contributed by atoms with Gasteiger partial charge in [-0.25, -0.2) is 5.43 Å². The zero-order valence-electron chi connectivity index (χ0n) is 19.3. The lowest BCUT2D eigenvalue weighted by atomic mass is 10.2. The third-order valence-electron chi connectivity index (χ3n) is 4.50. The van der Waals surface area contributed by atoms with Crippen molar-refractivity contribution in [1.29, 1.82) is 0 Å². The number of anilines is 1. The normalized spacial score (nSPS) is 11.5. The SMILES string of the molecule is CCOc1cc(/C=N\NC(=O)C(=O)N[C@@H](C)CC)ccc1OCC(=O)Nc1cccc(C)c1. The summed E-state index contributed by atoms with van der Waals surface area (Å²) in [6.07, 6.45) is 2.09. The van der Waals surface area contributed by atoms with Crippen molar-refractivity contribution < 1.29 is 23.9 Å². The number of nitrogens with one attached hydrogen (secondary N) is 3. The Balaban J connectivity index is 1.95. The summed E-state index contributed by atoms with van der Waals surface area (Å²) in [5, 5.41) is 9.15. The third-order valence-corrected chi connectivity index (χ3v) is 4.50. The predicted octanol–water partition coefficient (Wildman–Crippen LogP) is 2.78. The zero-order chi connectivity index (χ0) is 24.2. The van der Waals surface area contributed by atoms with Gasteiger partial charge in [0, 0.05) is 11.7 Å². The number of carbonyl (C=O) groups excluding carboxylic acids is 3. The monoisotopic (exact) mass is 454 g/mol. The maximum absolute atomic E-state index is 12.2. The summed E-state index contributed by atoms with van der Waals surface area (Å²) < 4.78 is 11.2. The number of amides is 3. The molecule has 176 valence electrons. The number of carbonyl (C=O) groups is 3. The quantitative estimate of drug-likeness (QED) is 0.290. The maximum atomic E-state index is 12.2. The molecule has 1 atom stereocenters. The Morgan fingerprint density at radius 2 is 1.82 bits per heavy atom. The lowest BCUT2D eigenvalue weighted by Crippen LogP contribution is -2.41. The van der Waals surface area contributed by atoms with Gasteiger partial charge in [0.2, 0.25) is 0 Å². The van der Waals surface area contributed by atoms with Crippen molar-refractivity contribution in [2.45, 2.75) is 40.2 Å². The molecule has 0 unspecified atom stereocenters. The molecule has 0 spiro atoms. The van der Waals surface area contributed by atoms with E-state index in [1.54, 1.807) is 31.2 Å². The van der Waals surface area contributed by atoms with Crippen LogP contribution in [0.2, 0.25) is 0 Å². The minimum atomic E-state index is -0.851. The molecule has 33 heavy (non-hydrogen) atoms. The van der Waals surface area contributed by atoms with Gasteiger partial charge in [-0.1, -0.05) is 19.1 Å². The van der Waals surface area contributed by atoms with Crippen LogP contribution in [-0.2, 0) is 14.4 Å². The standard InChI is InChI=1S/C24H30N4O5/c1-5-17(4)26-23(30)24(31)28-25-14-18-10-11-20(21(13-18)32-6-2)33-15-22(29)27-19-9-7-8-16(3)12-19/h7-14,17H,5-6,15H2,1-4H3,(H,26,30)(H,27,29)(H,28,31)/b25-14-/t17-/m0/s1. The molecule has 0 aliphatic heterocycles. The molecule has 0 aliphatic rings. The highest BCUT2D eigenvalue weighted by Gasteiger charge is 2.14. The predicted molar refractivity (Wildman–Crippen MR) is 127 cm³/mol. The van der Waals surface area contributed by atoms with Crippen LogP contribution in [0.1, 0.15) is 38.3 Å². The molecule has 2 aromatic carbocycles. The summed E-state index contributed by atoms with van der Waals surface area (Å²) in [5.74, 6) is -1.08. The van der Waals surface area contributed by atoms with Crippen LogP contribution in [0.25, 0.3) is 0 Å². The largest absolute Gasteiger partial charge is 0.490 e. The molecule has 3 N–H and O–H groups in total. The van der Waals surface area contributed by atoms with Crippen molar-refractivity contribution in [3.63, 3.8) is 0 Å². The lowest BCUT2D eigenvalue weighted by Gasteiger charge is -2.13. The molecule has 0 bridgehead atoms. The molecule has 0 saturated heterocycles. The molecule has 0 heterocycles. The topological polar surface area (TPSA) is 118 Å². The Morgan fingerprint density at radius 1 is 1.03 bits per heavy atom. The molecule has 9 nitrogen and oxygen atoms in total. The molecule has 0 radical (unpaired) electrons. The minimum absolute atomic E-state index is 0.104. The fourth-order valence-electron chi connectivity index (χ4n) is 2.66. The number of rotatable bonds is 10. The van der Waals surface area contributed by atoms with E-state index in [0.717, 1.165) is 5.56 Å². The molecular weight excluding hydrogens is 424 g/mol. The fourth-order valence-corrected chi connectivity index (χ4v) is 2.66. The van der Waals surface area contributed by atoms with Gasteiger partial charge in [0.15, 0.2) is 18.1 Å². The first-order valence-electron chi connectivity index (χ1n) is 10.7. The van der Waals surface area contributed by atoms with Crippen LogP contribution in [-0.4, -0.2) is 43.2 Å². The molecule has 0 fully saturated rings. The van der Waals surface area contributed by atoms with E-state index in [4.69, 9.17) is 9.47 Å². The van der Waals surface area contributed by atoms with Crippen LogP contribution in [0.3, 0.4) is 0 Å². The Labute approximate surface area is 193 Å². The molecule has 0 aliphatic carbocycles. The van der Waals surface area contributed by atoms with Crippen LogP contribution >= 0.6 is 0 Å². The van der Waals surface area contributed by atoms with Gasteiger partial charge < -0.3 is 20.1 Å². The molecular formula is C24H30N4O5. The van der Waals surface area contributed by atoms with Crippen LogP contribution < -0.4 is 25.5 Å². The first-order valence-corrected chi connectivity index (χ1v) is 10.7. The number of hydrogen-bond acceptors (Lipinski definition) is 6. The van der Waals surface area contributed by atoms with E-state index >= 15 is 0 Å². The fraction of sp³-hybridized carbons (Fsp3) is 0.333. The van der Waals surface area contributed by atoms with E-state index in [0.29, 0.717) is 35.8 Å². The van der Waals surface area contributed by atoms with Crippen molar-refractivity contribution in [2.24, 2.45) is 5.10 Å². The Hall–Kier alpha value is -3.88. The van der Waals surface area contributed by atoms with Gasteiger partial charge in [-0.15, -0.1) is 0 Å². The number of aryl methyl sites for hydroxylation is 1. The summed E-state index contributed by atoms with van der Waals surface area (Å²) in [7, 11) is 0. The van der Waals surface area contributed by atoms with Gasteiger partial charge in [-0.2, -0.15) is 5.10 Å². The van der Waals surface area contributed by atoms with Gasteiger partial charge in [-0.05, 0) is 68.7 Å².